The van der Waals surface area contributed by atoms with Crippen molar-refractivity contribution in [3.05, 3.63) is 30.1 Å². The molecule has 24 heavy (non-hydrogen) atoms. The van der Waals surface area contributed by atoms with Crippen LogP contribution in [0.25, 0.3) is 0 Å². The van der Waals surface area contributed by atoms with Crippen LogP contribution in [0.4, 0.5) is 9.18 Å². The molecule has 2 bridgehead atoms. The second kappa shape index (κ2) is 6.61. The molecule has 3 atom stereocenters. The molecule has 5 heteroatoms. The van der Waals surface area contributed by atoms with Crippen LogP contribution in [0.2, 0.25) is 0 Å². The van der Waals surface area contributed by atoms with Crippen molar-refractivity contribution in [2.75, 3.05) is 6.61 Å². The van der Waals surface area contributed by atoms with E-state index >= 15 is 0 Å². The van der Waals surface area contributed by atoms with E-state index in [0.29, 0.717) is 24.3 Å². The molecule has 2 unspecified atom stereocenters. The molecule has 2 saturated heterocycles. The lowest BCUT2D eigenvalue weighted by Gasteiger charge is -2.40. The number of hydrogen-bond acceptors (Lipinski definition) is 3. The average molecular weight is 335 g/mol. The van der Waals surface area contributed by atoms with E-state index in [4.69, 9.17) is 9.47 Å². The van der Waals surface area contributed by atoms with E-state index in [1.54, 1.807) is 12.1 Å². The SMILES string of the molecule is CC(C)(C)OC(=O)N1C2CCC1[C@@H](COc1ccc(F)cc1)CC2. The summed E-state index contributed by atoms with van der Waals surface area (Å²) in [5.74, 6) is 0.691. The van der Waals surface area contributed by atoms with Gasteiger partial charge in [-0.15, -0.1) is 0 Å². The molecular weight excluding hydrogens is 309 g/mol. The third-order valence-electron chi connectivity index (χ3n) is 4.84. The minimum Gasteiger partial charge on any atom is -0.493 e. The molecule has 132 valence electrons. The number of carbonyl (C=O) groups is 1. The van der Waals surface area contributed by atoms with Crippen LogP contribution in [-0.4, -0.2) is 35.3 Å². The van der Waals surface area contributed by atoms with Crippen LogP contribution in [0.3, 0.4) is 0 Å². The van der Waals surface area contributed by atoms with E-state index in [1.165, 1.54) is 12.1 Å². The molecule has 0 aromatic heterocycles. The van der Waals surface area contributed by atoms with Crippen LogP contribution < -0.4 is 4.74 Å². The fraction of sp³-hybridized carbons (Fsp3) is 0.632. The number of nitrogens with zero attached hydrogens (tertiary/aromatic N) is 1. The minimum atomic E-state index is -0.478. The number of fused-ring (bicyclic) bond motifs is 2. The van der Waals surface area contributed by atoms with E-state index < -0.39 is 5.60 Å². The summed E-state index contributed by atoms with van der Waals surface area (Å²) in [6, 6.07) is 6.55. The molecule has 2 aliphatic rings. The lowest BCUT2D eigenvalue weighted by Crippen LogP contribution is -2.51. The van der Waals surface area contributed by atoms with Gasteiger partial charge in [-0.05, 0) is 70.7 Å². The highest BCUT2D eigenvalue weighted by atomic mass is 19.1. The van der Waals surface area contributed by atoms with Gasteiger partial charge in [-0.2, -0.15) is 0 Å². The van der Waals surface area contributed by atoms with Crippen molar-refractivity contribution < 1.29 is 18.7 Å². The van der Waals surface area contributed by atoms with E-state index in [0.717, 1.165) is 25.7 Å². The first-order chi connectivity index (χ1) is 11.3. The first-order valence-electron chi connectivity index (χ1n) is 8.73. The third-order valence-corrected chi connectivity index (χ3v) is 4.84. The van der Waals surface area contributed by atoms with Gasteiger partial charge >= 0.3 is 6.09 Å². The molecular formula is C19H26FNO3. The highest BCUT2D eigenvalue weighted by Crippen LogP contribution is 2.40. The molecule has 0 spiro atoms. The molecule has 0 radical (unpaired) electrons. The maximum atomic E-state index is 13.0. The molecule has 0 N–H and O–H groups in total. The largest absolute Gasteiger partial charge is 0.493 e. The number of carbonyl (C=O) groups excluding carboxylic acids is 1. The van der Waals surface area contributed by atoms with Crippen molar-refractivity contribution >= 4 is 6.09 Å². The zero-order valence-corrected chi connectivity index (χ0v) is 14.6. The van der Waals surface area contributed by atoms with Crippen molar-refractivity contribution in [2.24, 2.45) is 5.92 Å². The van der Waals surface area contributed by atoms with Gasteiger partial charge in [0.2, 0.25) is 0 Å². The molecule has 0 aliphatic carbocycles. The average Bonchev–Trinajstić information content (AvgIpc) is 2.82. The quantitative estimate of drug-likeness (QED) is 0.823. The second-order valence-corrected chi connectivity index (χ2v) is 7.79. The summed E-state index contributed by atoms with van der Waals surface area (Å²) < 4.78 is 24.4. The van der Waals surface area contributed by atoms with Crippen LogP contribution in [0.15, 0.2) is 24.3 Å². The standard InChI is InChI=1S/C19H26FNO3/c1-19(2,3)24-18(22)21-15-7-4-13(17(21)11-8-15)12-23-16-9-5-14(20)6-10-16/h5-6,9-10,13,15,17H,4,7-8,11-12H2,1-3H3/t13-,15?,17?/m1/s1. The van der Waals surface area contributed by atoms with Crippen LogP contribution in [0, 0.1) is 11.7 Å². The van der Waals surface area contributed by atoms with Crippen molar-refractivity contribution in [3.63, 3.8) is 0 Å². The summed E-state index contributed by atoms with van der Waals surface area (Å²) in [6.07, 6.45) is 3.88. The highest BCUT2D eigenvalue weighted by Gasteiger charge is 2.46. The molecule has 2 heterocycles. The molecule has 4 nitrogen and oxygen atoms in total. The van der Waals surface area contributed by atoms with Crippen LogP contribution in [-0.2, 0) is 4.74 Å². The Labute approximate surface area is 142 Å². The number of halogens is 1. The summed E-state index contributed by atoms with van der Waals surface area (Å²) in [7, 11) is 0. The van der Waals surface area contributed by atoms with Gasteiger partial charge in [-0.25, -0.2) is 9.18 Å². The van der Waals surface area contributed by atoms with E-state index in [-0.39, 0.29) is 18.0 Å². The van der Waals surface area contributed by atoms with Gasteiger partial charge in [0.1, 0.15) is 17.2 Å². The maximum absolute atomic E-state index is 13.0. The van der Waals surface area contributed by atoms with Crippen LogP contribution in [0.5, 0.6) is 5.75 Å². The Morgan fingerprint density at radius 3 is 2.50 bits per heavy atom. The number of benzene rings is 1. The number of rotatable bonds is 3. The van der Waals surface area contributed by atoms with Gasteiger partial charge in [-0.3, -0.25) is 0 Å². The zero-order valence-electron chi connectivity index (χ0n) is 14.6. The summed E-state index contributed by atoms with van der Waals surface area (Å²) in [5, 5.41) is 0. The van der Waals surface area contributed by atoms with E-state index in [1.807, 2.05) is 25.7 Å². The summed E-state index contributed by atoms with van der Waals surface area (Å²) >= 11 is 0. The number of hydrogen-bond donors (Lipinski definition) is 0. The smallest absolute Gasteiger partial charge is 0.410 e. The fourth-order valence-electron chi connectivity index (χ4n) is 3.78. The Bertz CT molecular complexity index is 581. The Hall–Kier alpha value is -1.78. The first kappa shape index (κ1) is 17.1. The van der Waals surface area contributed by atoms with Gasteiger partial charge in [0.25, 0.3) is 0 Å². The topological polar surface area (TPSA) is 38.8 Å². The second-order valence-electron chi connectivity index (χ2n) is 7.79. The third kappa shape index (κ3) is 3.82. The van der Waals surface area contributed by atoms with Crippen molar-refractivity contribution in [2.45, 2.75) is 64.1 Å². The molecule has 3 rings (SSSR count). The normalized spacial score (nSPS) is 26.3. The maximum Gasteiger partial charge on any atom is 0.410 e. The Balaban J connectivity index is 1.63. The number of piperidine rings is 1. The van der Waals surface area contributed by atoms with Crippen molar-refractivity contribution in [1.82, 2.24) is 4.90 Å². The molecule has 2 fully saturated rings. The lowest BCUT2D eigenvalue weighted by atomic mass is 9.91. The van der Waals surface area contributed by atoms with Gasteiger partial charge in [0, 0.05) is 18.0 Å². The Morgan fingerprint density at radius 1 is 1.17 bits per heavy atom. The van der Waals surface area contributed by atoms with Crippen molar-refractivity contribution in [1.29, 1.82) is 0 Å². The molecule has 0 saturated carbocycles. The highest BCUT2D eigenvalue weighted by molar-refractivity contribution is 5.69. The van der Waals surface area contributed by atoms with E-state index in [9.17, 15) is 9.18 Å². The molecule has 1 aromatic rings. The van der Waals surface area contributed by atoms with Gasteiger partial charge in [0.15, 0.2) is 0 Å². The summed E-state index contributed by atoms with van der Waals surface area (Å²) in [6.45, 7) is 6.23. The van der Waals surface area contributed by atoms with Gasteiger partial charge < -0.3 is 14.4 Å². The monoisotopic (exact) mass is 335 g/mol. The lowest BCUT2D eigenvalue weighted by molar-refractivity contribution is -0.00590. The fourth-order valence-corrected chi connectivity index (χ4v) is 3.78. The predicted octanol–water partition coefficient (Wildman–Crippen LogP) is 4.38. The molecule has 1 amide bonds. The predicted molar refractivity (Wildman–Crippen MR) is 89.5 cm³/mol. The zero-order chi connectivity index (χ0) is 17.3. The molecule has 1 aromatic carbocycles. The summed E-state index contributed by atoms with van der Waals surface area (Å²) in [5.41, 5.74) is -0.478. The minimum absolute atomic E-state index is 0.180. The number of amides is 1. The van der Waals surface area contributed by atoms with Gasteiger partial charge in [-0.1, -0.05) is 0 Å². The van der Waals surface area contributed by atoms with Crippen LogP contribution in [0.1, 0.15) is 46.5 Å². The van der Waals surface area contributed by atoms with E-state index in [2.05, 4.69) is 0 Å². The first-order valence-corrected chi connectivity index (χ1v) is 8.73. The van der Waals surface area contributed by atoms with Gasteiger partial charge in [0.05, 0.1) is 6.61 Å². The Kier molecular flexibility index (Phi) is 4.70. The summed E-state index contributed by atoms with van der Waals surface area (Å²) in [4.78, 5) is 14.5. The number of ether oxygens (including phenoxy) is 2. The van der Waals surface area contributed by atoms with Crippen LogP contribution >= 0.6 is 0 Å². The molecule has 2 aliphatic heterocycles. The Morgan fingerprint density at radius 2 is 1.83 bits per heavy atom. The van der Waals surface area contributed by atoms with Crippen molar-refractivity contribution in [3.8, 4) is 5.75 Å².